The molecule has 68 valence electrons. The molecule has 0 saturated carbocycles. The van der Waals surface area contributed by atoms with E-state index >= 15 is 0 Å². The highest BCUT2D eigenvalue weighted by Gasteiger charge is 1.94. The molecule has 0 N–H and O–H groups in total. The summed E-state index contributed by atoms with van der Waals surface area (Å²) in [7, 11) is 0. The van der Waals surface area contributed by atoms with Crippen LogP contribution in [0.3, 0.4) is 0 Å². The van der Waals surface area contributed by atoms with E-state index in [-0.39, 0.29) is 0 Å². The standard InChI is InChI=1S/C12H10N2/c1-2-4-11-5-7-12(8-6-11)14-10-3-9-13-14/h3,5-10H,1H3. The van der Waals surface area contributed by atoms with E-state index in [1.54, 1.807) is 6.20 Å². The highest BCUT2D eigenvalue weighted by Crippen LogP contribution is 2.07. The van der Waals surface area contributed by atoms with Crippen LogP contribution in [0.5, 0.6) is 0 Å². The zero-order chi connectivity index (χ0) is 9.80. The Morgan fingerprint density at radius 3 is 2.57 bits per heavy atom. The number of hydrogen-bond donors (Lipinski definition) is 0. The van der Waals surface area contributed by atoms with Crippen molar-refractivity contribution in [2.45, 2.75) is 6.92 Å². The largest absolute Gasteiger partial charge is 0.241 e. The minimum absolute atomic E-state index is 1.03. The highest BCUT2D eigenvalue weighted by molar-refractivity contribution is 5.40. The van der Waals surface area contributed by atoms with Gasteiger partial charge >= 0.3 is 0 Å². The second-order valence-corrected chi connectivity index (χ2v) is 2.87. The summed E-state index contributed by atoms with van der Waals surface area (Å²) in [5.74, 6) is 5.87. The molecule has 0 spiro atoms. The first-order chi connectivity index (χ1) is 6.90. The summed E-state index contributed by atoms with van der Waals surface area (Å²) >= 11 is 0. The minimum Gasteiger partial charge on any atom is -0.241 e. The van der Waals surface area contributed by atoms with Gasteiger partial charge in [0.25, 0.3) is 0 Å². The second kappa shape index (κ2) is 3.80. The van der Waals surface area contributed by atoms with Gasteiger partial charge in [0.2, 0.25) is 0 Å². The monoisotopic (exact) mass is 182 g/mol. The van der Waals surface area contributed by atoms with Crippen molar-refractivity contribution < 1.29 is 0 Å². The van der Waals surface area contributed by atoms with Crippen LogP contribution in [-0.2, 0) is 0 Å². The van der Waals surface area contributed by atoms with Crippen molar-refractivity contribution in [2.24, 2.45) is 0 Å². The predicted octanol–water partition coefficient (Wildman–Crippen LogP) is 2.24. The molecule has 0 aliphatic rings. The molecule has 2 aromatic rings. The van der Waals surface area contributed by atoms with E-state index in [4.69, 9.17) is 0 Å². The molecule has 0 fully saturated rings. The maximum Gasteiger partial charge on any atom is 0.0646 e. The zero-order valence-electron chi connectivity index (χ0n) is 7.94. The lowest BCUT2D eigenvalue weighted by Gasteiger charge is -1.99. The van der Waals surface area contributed by atoms with Gasteiger partial charge in [0.15, 0.2) is 0 Å². The zero-order valence-corrected chi connectivity index (χ0v) is 7.94. The summed E-state index contributed by atoms with van der Waals surface area (Å²) in [6.07, 6.45) is 3.68. The summed E-state index contributed by atoms with van der Waals surface area (Å²) in [5, 5.41) is 4.14. The van der Waals surface area contributed by atoms with Gasteiger partial charge in [-0.1, -0.05) is 5.92 Å². The number of hydrogen-bond acceptors (Lipinski definition) is 1. The van der Waals surface area contributed by atoms with Gasteiger partial charge in [-0.05, 0) is 37.3 Å². The van der Waals surface area contributed by atoms with Gasteiger partial charge in [-0.3, -0.25) is 0 Å². The van der Waals surface area contributed by atoms with E-state index < -0.39 is 0 Å². The van der Waals surface area contributed by atoms with Crippen molar-refractivity contribution in [3.63, 3.8) is 0 Å². The number of rotatable bonds is 1. The van der Waals surface area contributed by atoms with E-state index in [0.29, 0.717) is 0 Å². The van der Waals surface area contributed by atoms with E-state index in [1.165, 1.54) is 0 Å². The number of nitrogens with zero attached hydrogens (tertiary/aromatic N) is 2. The van der Waals surface area contributed by atoms with Crippen molar-refractivity contribution in [1.29, 1.82) is 0 Å². The first kappa shape index (κ1) is 8.58. The number of aromatic nitrogens is 2. The Labute approximate surface area is 83.2 Å². The van der Waals surface area contributed by atoms with Gasteiger partial charge in [0.05, 0.1) is 5.69 Å². The fraction of sp³-hybridized carbons (Fsp3) is 0.0833. The molecule has 0 amide bonds. The van der Waals surface area contributed by atoms with Crippen LogP contribution >= 0.6 is 0 Å². The van der Waals surface area contributed by atoms with Gasteiger partial charge in [0, 0.05) is 18.0 Å². The molecule has 0 atom stereocenters. The van der Waals surface area contributed by atoms with Crippen LogP contribution in [0, 0.1) is 11.8 Å². The number of benzene rings is 1. The van der Waals surface area contributed by atoms with Crippen LogP contribution in [0.25, 0.3) is 5.69 Å². The molecule has 2 nitrogen and oxygen atoms in total. The second-order valence-electron chi connectivity index (χ2n) is 2.87. The highest BCUT2D eigenvalue weighted by atomic mass is 15.3. The van der Waals surface area contributed by atoms with E-state index in [9.17, 15) is 0 Å². The summed E-state index contributed by atoms with van der Waals surface area (Å²) in [4.78, 5) is 0. The lowest BCUT2D eigenvalue weighted by Crippen LogP contribution is -1.93. The summed E-state index contributed by atoms with van der Waals surface area (Å²) in [6.45, 7) is 1.83. The Hall–Kier alpha value is -2.01. The normalized spacial score (nSPS) is 9.21. The van der Waals surface area contributed by atoms with Crippen LogP contribution in [0.15, 0.2) is 42.7 Å². The van der Waals surface area contributed by atoms with Crippen molar-refractivity contribution in [2.75, 3.05) is 0 Å². The molecule has 0 bridgehead atoms. The molecular weight excluding hydrogens is 172 g/mol. The van der Waals surface area contributed by atoms with Gasteiger partial charge in [0.1, 0.15) is 0 Å². The molecule has 14 heavy (non-hydrogen) atoms. The van der Waals surface area contributed by atoms with Crippen LogP contribution in [0.4, 0.5) is 0 Å². The Bertz CT molecular complexity index is 455. The maximum absolute atomic E-state index is 4.14. The molecule has 1 aromatic heterocycles. The van der Waals surface area contributed by atoms with Gasteiger partial charge in [-0.15, -0.1) is 5.92 Å². The lowest BCUT2D eigenvalue weighted by molar-refractivity contribution is 0.880. The van der Waals surface area contributed by atoms with Gasteiger partial charge < -0.3 is 0 Å². The molecule has 2 heteroatoms. The molecule has 0 radical (unpaired) electrons. The lowest BCUT2D eigenvalue weighted by atomic mass is 10.2. The average molecular weight is 182 g/mol. The molecule has 0 aliphatic heterocycles. The van der Waals surface area contributed by atoms with Gasteiger partial charge in [-0.25, -0.2) is 4.68 Å². The van der Waals surface area contributed by atoms with Crippen molar-refractivity contribution >= 4 is 0 Å². The predicted molar refractivity (Wildman–Crippen MR) is 56.1 cm³/mol. The van der Waals surface area contributed by atoms with Crippen molar-refractivity contribution in [3.8, 4) is 17.5 Å². The fourth-order valence-corrected chi connectivity index (χ4v) is 1.26. The molecule has 1 aromatic carbocycles. The van der Waals surface area contributed by atoms with Crippen LogP contribution < -0.4 is 0 Å². The van der Waals surface area contributed by atoms with E-state index in [0.717, 1.165) is 11.3 Å². The average Bonchev–Trinajstić information content (AvgIpc) is 2.72. The van der Waals surface area contributed by atoms with Crippen LogP contribution in [-0.4, -0.2) is 9.78 Å². The molecule has 0 aliphatic carbocycles. The van der Waals surface area contributed by atoms with Crippen molar-refractivity contribution in [1.82, 2.24) is 9.78 Å². The van der Waals surface area contributed by atoms with Crippen LogP contribution in [0.1, 0.15) is 12.5 Å². The maximum atomic E-state index is 4.14. The minimum atomic E-state index is 1.03. The summed E-state index contributed by atoms with van der Waals surface area (Å²) < 4.78 is 1.82. The molecule has 0 saturated heterocycles. The summed E-state index contributed by atoms with van der Waals surface area (Å²) in [5.41, 5.74) is 2.08. The van der Waals surface area contributed by atoms with Crippen molar-refractivity contribution in [3.05, 3.63) is 48.3 Å². The Morgan fingerprint density at radius 1 is 1.21 bits per heavy atom. The quantitative estimate of drug-likeness (QED) is 0.618. The third-order valence-electron chi connectivity index (χ3n) is 1.91. The Balaban J connectivity index is 2.34. The smallest absolute Gasteiger partial charge is 0.0646 e. The van der Waals surface area contributed by atoms with E-state index in [1.807, 2.05) is 48.1 Å². The molecule has 0 unspecified atom stereocenters. The Kier molecular flexibility index (Phi) is 2.33. The fourth-order valence-electron chi connectivity index (χ4n) is 1.26. The Morgan fingerprint density at radius 2 is 2.00 bits per heavy atom. The topological polar surface area (TPSA) is 17.8 Å². The third-order valence-corrected chi connectivity index (χ3v) is 1.91. The SMILES string of the molecule is CC#Cc1ccc(-n2cccn2)cc1. The first-order valence-electron chi connectivity index (χ1n) is 4.43. The van der Waals surface area contributed by atoms with Gasteiger partial charge in [-0.2, -0.15) is 5.10 Å². The first-order valence-corrected chi connectivity index (χ1v) is 4.43. The summed E-state index contributed by atoms with van der Waals surface area (Å²) in [6, 6.07) is 9.90. The molecule has 2 rings (SSSR count). The third kappa shape index (κ3) is 1.67. The van der Waals surface area contributed by atoms with Crippen LogP contribution in [0.2, 0.25) is 0 Å². The molecule has 1 heterocycles. The van der Waals surface area contributed by atoms with E-state index in [2.05, 4.69) is 16.9 Å². The molecular formula is C12H10N2.